The van der Waals surface area contributed by atoms with E-state index in [4.69, 9.17) is 4.74 Å². The second kappa shape index (κ2) is 6.17. The number of halogens is 1. The number of benzene rings is 2. The second-order valence-corrected chi connectivity index (χ2v) is 4.11. The Hall–Kier alpha value is -1.87. The van der Waals surface area contributed by atoms with Gasteiger partial charge in [-0.3, -0.25) is 0 Å². The molecule has 18 heavy (non-hydrogen) atoms. The molecule has 0 aliphatic heterocycles. The molecule has 2 nitrogen and oxygen atoms in total. The lowest BCUT2D eigenvalue weighted by atomic mass is 10.1. The molecule has 3 heteroatoms. The summed E-state index contributed by atoms with van der Waals surface area (Å²) < 4.78 is 18.0. The lowest BCUT2D eigenvalue weighted by Gasteiger charge is -2.12. The minimum Gasteiger partial charge on any atom is -0.491 e. The lowest BCUT2D eigenvalue weighted by molar-refractivity contribution is 0.107. The normalized spacial score (nSPS) is 12.1. The van der Waals surface area contributed by atoms with E-state index in [1.807, 2.05) is 30.3 Å². The summed E-state index contributed by atoms with van der Waals surface area (Å²) in [4.78, 5) is 0. The Labute approximate surface area is 106 Å². The van der Waals surface area contributed by atoms with Gasteiger partial charge in [0, 0.05) is 6.42 Å². The maximum Gasteiger partial charge on any atom is 0.123 e. The fourth-order valence-electron chi connectivity index (χ4n) is 1.67. The smallest absolute Gasteiger partial charge is 0.123 e. The van der Waals surface area contributed by atoms with E-state index >= 15 is 0 Å². The minimum atomic E-state index is -0.572. The van der Waals surface area contributed by atoms with Crippen LogP contribution in [0, 0.1) is 5.82 Å². The van der Waals surface area contributed by atoms with Gasteiger partial charge in [-0.2, -0.15) is 0 Å². The van der Waals surface area contributed by atoms with E-state index in [1.165, 1.54) is 12.1 Å². The molecular weight excluding hydrogens is 231 g/mol. The van der Waals surface area contributed by atoms with Gasteiger partial charge >= 0.3 is 0 Å². The molecule has 0 heterocycles. The molecule has 1 unspecified atom stereocenters. The molecule has 0 fully saturated rings. The predicted molar refractivity (Wildman–Crippen MR) is 68.0 cm³/mol. The van der Waals surface area contributed by atoms with Crippen LogP contribution in [0.25, 0.3) is 0 Å². The van der Waals surface area contributed by atoms with Crippen LogP contribution in [0.5, 0.6) is 5.75 Å². The number of ether oxygens (including phenoxy) is 1. The van der Waals surface area contributed by atoms with E-state index in [-0.39, 0.29) is 12.4 Å². The Morgan fingerprint density at radius 2 is 1.67 bits per heavy atom. The molecule has 0 aromatic heterocycles. The van der Waals surface area contributed by atoms with Crippen LogP contribution in [0.1, 0.15) is 5.56 Å². The van der Waals surface area contributed by atoms with Crippen LogP contribution in [0.15, 0.2) is 54.6 Å². The highest BCUT2D eigenvalue weighted by Gasteiger charge is 2.06. The Morgan fingerprint density at radius 3 is 2.33 bits per heavy atom. The molecule has 94 valence electrons. The minimum absolute atomic E-state index is 0.195. The summed E-state index contributed by atoms with van der Waals surface area (Å²) in [6.45, 7) is 0.195. The van der Waals surface area contributed by atoms with Crippen LogP contribution in [0.2, 0.25) is 0 Å². The lowest BCUT2D eigenvalue weighted by Crippen LogP contribution is -2.20. The fourth-order valence-corrected chi connectivity index (χ4v) is 1.67. The van der Waals surface area contributed by atoms with Gasteiger partial charge in [-0.15, -0.1) is 0 Å². The topological polar surface area (TPSA) is 29.5 Å². The summed E-state index contributed by atoms with van der Waals surface area (Å²) in [7, 11) is 0. The predicted octanol–water partition coefficient (Wildman–Crippen LogP) is 2.81. The zero-order valence-electron chi connectivity index (χ0n) is 9.92. The van der Waals surface area contributed by atoms with E-state index in [0.29, 0.717) is 12.2 Å². The van der Waals surface area contributed by atoms with Gasteiger partial charge in [0.25, 0.3) is 0 Å². The molecule has 0 aliphatic rings. The zero-order chi connectivity index (χ0) is 12.8. The van der Waals surface area contributed by atoms with Gasteiger partial charge in [-0.1, -0.05) is 30.3 Å². The van der Waals surface area contributed by atoms with Crippen molar-refractivity contribution in [3.05, 3.63) is 66.0 Å². The summed E-state index contributed by atoms with van der Waals surface area (Å²) in [6.07, 6.45) is -0.0281. The first kappa shape index (κ1) is 12.6. The van der Waals surface area contributed by atoms with Crippen LogP contribution in [0.4, 0.5) is 4.39 Å². The summed E-state index contributed by atoms with van der Waals surface area (Å²) in [5.74, 6) is 0.260. The molecule has 0 radical (unpaired) electrons. The average molecular weight is 246 g/mol. The van der Waals surface area contributed by atoms with E-state index in [9.17, 15) is 9.50 Å². The molecule has 0 saturated carbocycles. The van der Waals surface area contributed by atoms with Gasteiger partial charge < -0.3 is 9.84 Å². The van der Waals surface area contributed by atoms with Gasteiger partial charge in [0.2, 0.25) is 0 Å². The van der Waals surface area contributed by atoms with Gasteiger partial charge in [0.05, 0.1) is 6.10 Å². The first-order valence-electron chi connectivity index (χ1n) is 5.84. The summed E-state index contributed by atoms with van der Waals surface area (Å²) in [6, 6.07) is 15.5. The quantitative estimate of drug-likeness (QED) is 0.879. The molecule has 2 aromatic rings. The number of rotatable bonds is 5. The molecule has 2 rings (SSSR count). The number of hydrogen-bond acceptors (Lipinski definition) is 2. The van der Waals surface area contributed by atoms with Crippen molar-refractivity contribution < 1.29 is 14.2 Å². The van der Waals surface area contributed by atoms with Gasteiger partial charge in [-0.05, 0) is 29.8 Å². The largest absolute Gasteiger partial charge is 0.491 e. The molecule has 1 atom stereocenters. The molecule has 0 saturated heterocycles. The molecule has 0 spiro atoms. The molecule has 0 bridgehead atoms. The van der Waals surface area contributed by atoms with Crippen LogP contribution in [-0.2, 0) is 6.42 Å². The Balaban J connectivity index is 1.81. The maximum absolute atomic E-state index is 12.7. The van der Waals surface area contributed by atoms with E-state index in [0.717, 1.165) is 5.56 Å². The van der Waals surface area contributed by atoms with Crippen molar-refractivity contribution in [2.24, 2.45) is 0 Å². The van der Waals surface area contributed by atoms with Crippen molar-refractivity contribution in [1.82, 2.24) is 0 Å². The molecule has 1 N–H and O–H groups in total. The van der Waals surface area contributed by atoms with Crippen molar-refractivity contribution >= 4 is 0 Å². The standard InChI is InChI=1S/C15H15FO2/c16-13-6-8-15(9-7-13)18-11-14(17)10-12-4-2-1-3-5-12/h1-9,14,17H,10-11H2. The van der Waals surface area contributed by atoms with Crippen molar-refractivity contribution in [2.75, 3.05) is 6.61 Å². The number of hydrogen-bond donors (Lipinski definition) is 1. The summed E-state index contributed by atoms with van der Waals surface area (Å²) in [5, 5.41) is 9.82. The first-order valence-corrected chi connectivity index (χ1v) is 5.84. The van der Waals surface area contributed by atoms with E-state index in [1.54, 1.807) is 12.1 Å². The third-order valence-electron chi connectivity index (χ3n) is 2.57. The molecule has 0 amide bonds. The Bertz CT molecular complexity index is 468. The highest BCUT2D eigenvalue weighted by atomic mass is 19.1. The summed E-state index contributed by atoms with van der Waals surface area (Å²) in [5.41, 5.74) is 1.06. The first-order chi connectivity index (χ1) is 8.74. The molecule has 0 aliphatic carbocycles. The molecule has 2 aromatic carbocycles. The van der Waals surface area contributed by atoms with Gasteiger partial charge in [0.1, 0.15) is 18.2 Å². The monoisotopic (exact) mass is 246 g/mol. The van der Waals surface area contributed by atoms with Crippen LogP contribution < -0.4 is 4.74 Å². The Morgan fingerprint density at radius 1 is 1.00 bits per heavy atom. The van der Waals surface area contributed by atoms with Gasteiger partial charge in [-0.25, -0.2) is 4.39 Å². The number of aliphatic hydroxyl groups excluding tert-OH is 1. The fraction of sp³-hybridized carbons (Fsp3) is 0.200. The summed E-state index contributed by atoms with van der Waals surface area (Å²) >= 11 is 0. The van der Waals surface area contributed by atoms with Crippen molar-refractivity contribution in [1.29, 1.82) is 0 Å². The highest BCUT2D eigenvalue weighted by Crippen LogP contribution is 2.12. The third-order valence-corrected chi connectivity index (χ3v) is 2.57. The van der Waals surface area contributed by atoms with E-state index < -0.39 is 6.10 Å². The van der Waals surface area contributed by atoms with Crippen molar-refractivity contribution in [2.45, 2.75) is 12.5 Å². The highest BCUT2D eigenvalue weighted by molar-refractivity contribution is 5.22. The second-order valence-electron chi connectivity index (χ2n) is 4.11. The van der Waals surface area contributed by atoms with Crippen LogP contribution >= 0.6 is 0 Å². The Kier molecular flexibility index (Phi) is 4.31. The third kappa shape index (κ3) is 3.86. The van der Waals surface area contributed by atoms with Crippen molar-refractivity contribution in [3.8, 4) is 5.75 Å². The van der Waals surface area contributed by atoms with Crippen LogP contribution in [-0.4, -0.2) is 17.8 Å². The average Bonchev–Trinajstić information content (AvgIpc) is 2.39. The maximum atomic E-state index is 12.7. The van der Waals surface area contributed by atoms with Crippen LogP contribution in [0.3, 0.4) is 0 Å². The number of aliphatic hydroxyl groups is 1. The van der Waals surface area contributed by atoms with Gasteiger partial charge in [0.15, 0.2) is 0 Å². The van der Waals surface area contributed by atoms with E-state index in [2.05, 4.69) is 0 Å². The SMILES string of the molecule is OC(COc1ccc(F)cc1)Cc1ccccc1. The van der Waals surface area contributed by atoms with Crippen molar-refractivity contribution in [3.63, 3.8) is 0 Å². The molecular formula is C15H15FO2. The zero-order valence-corrected chi connectivity index (χ0v) is 9.92.